The molecule has 0 amide bonds. The highest BCUT2D eigenvalue weighted by molar-refractivity contribution is 6.31. The van der Waals surface area contributed by atoms with Crippen LogP contribution in [0, 0.1) is 0 Å². The third kappa shape index (κ3) is 3.38. The summed E-state index contributed by atoms with van der Waals surface area (Å²) in [5.41, 5.74) is 1.46. The van der Waals surface area contributed by atoms with Crippen LogP contribution in [0.25, 0.3) is 6.08 Å². The van der Waals surface area contributed by atoms with Gasteiger partial charge < -0.3 is 9.47 Å². The lowest BCUT2D eigenvalue weighted by Crippen LogP contribution is -2.07. The summed E-state index contributed by atoms with van der Waals surface area (Å²) in [5.74, 6) is 0.134. The van der Waals surface area contributed by atoms with Crippen molar-refractivity contribution in [2.45, 2.75) is 0 Å². The fourth-order valence-corrected chi connectivity index (χ4v) is 2.50. The van der Waals surface area contributed by atoms with Gasteiger partial charge in [-0.3, -0.25) is 0 Å². The normalized spacial score (nSPS) is 15.5. The number of benzene rings is 2. The lowest BCUT2D eigenvalue weighted by atomic mass is 10.2. The average Bonchev–Trinajstić information content (AvgIpc) is 2.88. The van der Waals surface area contributed by atoms with Gasteiger partial charge in [0, 0.05) is 10.0 Å². The average molecular weight is 348 g/mol. The second-order valence-electron chi connectivity index (χ2n) is 4.74. The van der Waals surface area contributed by atoms with E-state index in [1.165, 1.54) is 7.11 Å². The quantitative estimate of drug-likeness (QED) is 0.612. The maximum Gasteiger partial charge on any atom is 0.363 e. The summed E-state index contributed by atoms with van der Waals surface area (Å²) >= 11 is 11.9. The molecule has 0 spiro atoms. The molecule has 0 unspecified atom stereocenters. The van der Waals surface area contributed by atoms with Crippen LogP contribution in [0.4, 0.5) is 0 Å². The molecule has 0 bridgehead atoms. The molecule has 3 rings (SSSR count). The Morgan fingerprint density at radius 2 is 1.91 bits per heavy atom. The van der Waals surface area contributed by atoms with Crippen molar-refractivity contribution >= 4 is 41.1 Å². The first-order valence-corrected chi connectivity index (χ1v) is 7.44. The zero-order valence-corrected chi connectivity index (χ0v) is 13.6. The molecular weight excluding hydrogens is 337 g/mol. The molecule has 0 atom stereocenters. The fraction of sp³-hybridized carbons (Fsp3) is 0.0588. The molecule has 2 aromatic carbocycles. The minimum Gasteiger partial charge on any atom is -0.496 e. The minimum atomic E-state index is -0.540. The number of hydrogen-bond donors (Lipinski definition) is 0. The molecule has 4 nitrogen and oxygen atoms in total. The van der Waals surface area contributed by atoms with Crippen LogP contribution in [0.1, 0.15) is 11.1 Å². The summed E-state index contributed by atoms with van der Waals surface area (Å²) in [4.78, 5) is 16.3. The predicted molar refractivity (Wildman–Crippen MR) is 90.1 cm³/mol. The van der Waals surface area contributed by atoms with Crippen molar-refractivity contribution < 1.29 is 14.3 Å². The summed E-state index contributed by atoms with van der Waals surface area (Å²) in [6, 6.07) is 12.1. The summed E-state index contributed by atoms with van der Waals surface area (Å²) in [6.45, 7) is 0. The Kier molecular flexibility index (Phi) is 4.37. The predicted octanol–water partition coefficient (Wildman–Crippen LogP) is 4.35. The molecule has 0 aromatic heterocycles. The molecule has 2 aromatic rings. The standard InChI is InChI=1S/C17H11Cl2NO3/c1-22-15-6-5-12(19)9-13(15)16-20-14(17(21)23-16)8-10-3-2-4-11(18)7-10/h2-9H,1H3/b14-8-. The van der Waals surface area contributed by atoms with E-state index in [1.807, 2.05) is 6.07 Å². The van der Waals surface area contributed by atoms with Gasteiger partial charge in [0.25, 0.3) is 0 Å². The zero-order chi connectivity index (χ0) is 16.4. The van der Waals surface area contributed by atoms with Crippen LogP contribution < -0.4 is 4.74 Å². The van der Waals surface area contributed by atoms with Crippen molar-refractivity contribution in [3.8, 4) is 5.75 Å². The van der Waals surface area contributed by atoms with Gasteiger partial charge in [0.1, 0.15) is 5.75 Å². The van der Waals surface area contributed by atoms with Gasteiger partial charge in [0.2, 0.25) is 5.90 Å². The van der Waals surface area contributed by atoms with E-state index in [1.54, 1.807) is 42.5 Å². The summed E-state index contributed by atoms with van der Waals surface area (Å²) in [6.07, 6.45) is 1.61. The van der Waals surface area contributed by atoms with Crippen molar-refractivity contribution in [1.82, 2.24) is 0 Å². The first-order valence-electron chi connectivity index (χ1n) is 6.69. The third-order valence-electron chi connectivity index (χ3n) is 3.16. The SMILES string of the molecule is COc1ccc(Cl)cc1C1=N/C(=C\c2cccc(Cl)c2)C(=O)O1. The number of rotatable bonds is 3. The number of carbonyl (C=O) groups is 1. The van der Waals surface area contributed by atoms with Gasteiger partial charge in [0.05, 0.1) is 12.7 Å². The van der Waals surface area contributed by atoms with E-state index < -0.39 is 5.97 Å². The van der Waals surface area contributed by atoms with Crippen LogP contribution in [-0.2, 0) is 9.53 Å². The third-order valence-corrected chi connectivity index (χ3v) is 3.63. The van der Waals surface area contributed by atoms with Crippen LogP contribution >= 0.6 is 23.2 Å². The zero-order valence-electron chi connectivity index (χ0n) is 12.0. The number of hydrogen-bond acceptors (Lipinski definition) is 4. The molecule has 0 N–H and O–H groups in total. The van der Waals surface area contributed by atoms with E-state index in [2.05, 4.69) is 4.99 Å². The van der Waals surface area contributed by atoms with Gasteiger partial charge in [-0.2, -0.15) is 0 Å². The first-order chi connectivity index (χ1) is 11.1. The summed E-state index contributed by atoms with van der Waals surface area (Å²) in [7, 11) is 1.52. The second-order valence-corrected chi connectivity index (χ2v) is 5.61. The number of methoxy groups -OCH3 is 1. The van der Waals surface area contributed by atoms with Crippen LogP contribution in [-0.4, -0.2) is 19.0 Å². The number of nitrogens with zero attached hydrogens (tertiary/aromatic N) is 1. The van der Waals surface area contributed by atoms with Crippen LogP contribution in [0.3, 0.4) is 0 Å². The maximum absolute atomic E-state index is 12.0. The number of carbonyl (C=O) groups excluding carboxylic acids is 1. The molecule has 0 saturated carbocycles. The molecule has 1 aliphatic heterocycles. The Hall–Kier alpha value is -2.30. The molecule has 0 radical (unpaired) electrons. The first kappa shape index (κ1) is 15.6. The van der Waals surface area contributed by atoms with Crippen molar-refractivity contribution in [3.63, 3.8) is 0 Å². The molecule has 6 heteroatoms. The van der Waals surface area contributed by atoms with Crippen LogP contribution in [0.15, 0.2) is 53.2 Å². The molecular formula is C17H11Cl2NO3. The Morgan fingerprint density at radius 1 is 1.13 bits per heavy atom. The number of halogens is 2. The highest BCUT2D eigenvalue weighted by atomic mass is 35.5. The highest BCUT2D eigenvalue weighted by Gasteiger charge is 2.26. The van der Waals surface area contributed by atoms with E-state index in [9.17, 15) is 4.79 Å². The summed E-state index contributed by atoms with van der Waals surface area (Å²) in [5, 5.41) is 1.07. The smallest absolute Gasteiger partial charge is 0.363 e. The topological polar surface area (TPSA) is 47.9 Å². The van der Waals surface area contributed by atoms with Gasteiger partial charge in [-0.15, -0.1) is 0 Å². The Labute approximate surface area is 143 Å². The molecule has 0 aliphatic carbocycles. The second kappa shape index (κ2) is 6.44. The molecule has 1 heterocycles. The van der Waals surface area contributed by atoms with Gasteiger partial charge in [-0.25, -0.2) is 9.79 Å². The molecule has 0 saturated heterocycles. The molecule has 0 fully saturated rings. The van der Waals surface area contributed by atoms with Crippen molar-refractivity contribution in [3.05, 3.63) is 69.3 Å². The molecule has 1 aliphatic rings. The number of aliphatic imine (C=N–C) groups is 1. The highest BCUT2D eigenvalue weighted by Crippen LogP contribution is 2.28. The van der Waals surface area contributed by atoms with Gasteiger partial charge in [-0.05, 0) is 42.0 Å². The van der Waals surface area contributed by atoms with E-state index in [0.717, 1.165) is 5.56 Å². The molecule has 116 valence electrons. The lowest BCUT2D eigenvalue weighted by molar-refractivity contribution is -0.129. The van der Waals surface area contributed by atoms with Gasteiger partial charge in [0.15, 0.2) is 5.70 Å². The van der Waals surface area contributed by atoms with E-state index >= 15 is 0 Å². The minimum absolute atomic E-state index is 0.155. The number of cyclic esters (lactones) is 1. The van der Waals surface area contributed by atoms with E-state index in [4.69, 9.17) is 32.7 Å². The van der Waals surface area contributed by atoms with Gasteiger partial charge in [-0.1, -0.05) is 35.3 Å². The Morgan fingerprint density at radius 3 is 2.65 bits per heavy atom. The van der Waals surface area contributed by atoms with Gasteiger partial charge >= 0.3 is 5.97 Å². The lowest BCUT2D eigenvalue weighted by Gasteiger charge is -2.07. The van der Waals surface area contributed by atoms with Crippen molar-refractivity contribution in [1.29, 1.82) is 0 Å². The number of esters is 1. The Bertz CT molecular complexity index is 843. The van der Waals surface area contributed by atoms with E-state index in [-0.39, 0.29) is 11.6 Å². The fourth-order valence-electron chi connectivity index (χ4n) is 2.13. The summed E-state index contributed by atoms with van der Waals surface area (Å²) < 4.78 is 10.5. The van der Waals surface area contributed by atoms with Crippen molar-refractivity contribution in [2.24, 2.45) is 4.99 Å². The Balaban J connectivity index is 2.00. The number of ether oxygens (including phenoxy) is 2. The maximum atomic E-state index is 12.0. The van der Waals surface area contributed by atoms with E-state index in [0.29, 0.717) is 21.4 Å². The van der Waals surface area contributed by atoms with Crippen molar-refractivity contribution in [2.75, 3.05) is 7.11 Å². The van der Waals surface area contributed by atoms with Crippen LogP contribution in [0.5, 0.6) is 5.75 Å². The monoisotopic (exact) mass is 347 g/mol. The molecule has 23 heavy (non-hydrogen) atoms. The largest absolute Gasteiger partial charge is 0.496 e. The van der Waals surface area contributed by atoms with Crippen LogP contribution in [0.2, 0.25) is 10.0 Å².